The van der Waals surface area contributed by atoms with E-state index in [-0.39, 0.29) is 17.9 Å². The summed E-state index contributed by atoms with van der Waals surface area (Å²) in [5, 5.41) is 24.9. The molecule has 0 bridgehead atoms. The van der Waals surface area contributed by atoms with Crippen LogP contribution in [0.1, 0.15) is 32.1 Å². The van der Waals surface area contributed by atoms with Crippen molar-refractivity contribution in [2.24, 2.45) is 11.5 Å². The molecule has 0 aliphatic heterocycles. The number of amides is 3. The van der Waals surface area contributed by atoms with E-state index in [4.69, 9.17) is 21.7 Å². The van der Waals surface area contributed by atoms with Crippen molar-refractivity contribution in [1.29, 1.82) is 0 Å². The Bertz CT molecular complexity index is 638. The molecule has 0 aromatic heterocycles. The second kappa shape index (κ2) is 15.7. The number of carbonyl (C=O) groups excluding carboxylic acids is 3. The first-order chi connectivity index (χ1) is 14.6. The van der Waals surface area contributed by atoms with Gasteiger partial charge in [-0.2, -0.15) is 25.3 Å². The number of nitrogens with two attached hydrogens (primary N) is 2. The van der Waals surface area contributed by atoms with Gasteiger partial charge in [0.1, 0.15) is 18.1 Å². The number of carbonyl (C=O) groups is 5. The zero-order chi connectivity index (χ0) is 24.0. The number of thiol groups is 2. The highest BCUT2D eigenvalue weighted by Gasteiger charge is 2.29. The Hall–Kier alpha value is -2.03. The van der Waals surface area contributed by atoms with Crippen LogP contribution in [0.2, 0.25) is 0 Å². The molecule has 0 fully saturated rings. The number of hydrogen-bond donors (Lipinski definition) is 9. The molecule has 0 aromatic carbocycles. The topological polar surface area (TPSA) is 214 Å². The largest absolute Gasteiger partial charge is 0.481 e. The van der Waals surface area contributed by atoms with Gasteiger partial charge in [-0.15, -0.1) is 0 Å². The van der Waals surface area contributed by atoms with Gasteiger partial charge in [0.2, 0.25) is 17.7 Å². The highest BCUT2D eigenvalue weighted by atomic mass is 32.1. The van der Waals surface area contributed by atoms with E-state index in [1.54, 1.807) is 0 Å². The van der Waals surface area contributed by atoms with E-state index in [0.717, 1.165) is 0 Å². The van der Waals surface area contributed by atoms with Gasteiger partial charge >= 0.3 is 11.9 Å². The van der Waals surface area contributed by atoms with Crippen molar-refractivity contribution in [3.63, 3.8) is 0 Å². The Morgan fingerprint density at radius 1 is 0.774 bits per heavy atom. The Morgan fingerprint density at radius 3 is 1.77 bits per heavy atom. The predicted molar refractivity (Wildman–Crippen MR) is 119 cm³/mol. The molecule has 4 unspecified atom stereocenters. The fraction of sp³-hybridized carbons (Fsp3) is 0.706. The molecule has 12 nitrogen and oxygen atoms in total. The third kappa shape index (κ3) is 11.8. The number of hydrogen-bond acceptors (Lipinski definition) is 9. The van der Waals surface area contributed by atoms with Crippen LogP contribution in [0.4, 0.5) is 0 Å². The molecule has 0 rings (SSSR count). The summed E-state index contributed by atoms with van der Waals surface area (Å²) >= 11 is 7.82. The van der Waals surface area contributed by atoms with E-state index in [2.05, 4.69) is 41.2 Å². The maximum atomic E-state index is 12.6. The standard InChI is InChI=1S/C17H31N5O7S2/c18-6-2-1-3-9(19)14(25)20-10(4-5-13(23)24)15(26)21-11(7-30)16(27)22-12(8-31)17(28)29/h9-12,30-31H,1-8,18-19H2,(H,20,25)(H,21,26)(H,22,27)(H,23,24)(H,28,29). The molecule has 0 saturated heterocycles. The molecule has 0 saturated carbocycles. The molecule has 0 radical (unpaired) electrons. The maximum Gasteiger partial charge on any atom is 0.327 e. The SMILES string of the molecule is NCCCCC(N)C(=O)NC(CCC(=O)O)C(=O)NC(CS)C(=O)NC(CS)C(=O)O. The number of nitrogens with one attached hydrogen (secondary N) is 3. The van der Waals surface area contributed by atoms with Gasteiger partial charge in [0.25, 0.3) is 0 Å². The first-order valence-corrected chi connectivity index (χ1v) is 10.9. The summed E-state index contributed by atoms with van der Waals surface area (Å²) in [6, 6.07) is -4.67. The van der Waals surface area contributed by atoms with E-state index in [1.807, 2.05) is 0 Å². The first kappa shape index (κ1) is 29.0. The Balaban J connectivity index is 5.15. The molecule has 0 aliphatic carbocycles. The van der Waals surface area contributed by atoms with Crippen molar-refractivity contribution in [2.75, 3.05) is 18.1 Å². The minimum Gasteiger partial charge on any atom is -0.481 e. The number of carboxylic acids is 2. The fourth-order valence-corrected chi connectivity index (χ4v) is 2.88. The Labute approximate surface area is 191 Å². The van der Waals surface area contributed by atoms with Crippen molar-refractivity contribution in [3.05, 3.63) is 0 Å². The lowest BCUT2D eigenvalue weighted by Gasteiger charge is -2.24. The van der Waals surface area contributed by atoms with Crippen molar-refractivity contribution in [3.8, 4) is 0 Å². The molecule has 31 heavy (non-hydrogen) atoms. The number of carboxylic acid groups (broad SMARTS) is 2. The lowest BCUT2D eigenvalue weighted by Crippen LogP contribution is -2.57. The van der Waals surface area contributed by atoms with Gasteiger partial charge in [0, 0.05) is 17.9 Å². The number of rotatable bonds is 16. The fourth-order valence-electron chi connectivity index (χ4n) is 2.38. The quantitative estimate of drug-likeness (QED) is 0.0855. The third-order valence-corrected chi connectivity index (χ3v) is 4.93. The van der Waals surface area contributed by atoms with Gasteiger partial charge in [-0.05, 0) is 25.8 Å². The van der Waals surface area contributed by atoms with Crippen LogP contribution >= 0.6 is 25.3 Å². The smallest absolute Gasteiger partial charge is 0.327 e. The predicted octanol–water partition coefficient (Wildman–Crippen LogP) is -2.29. The van der Waals surface area contributed by atoms with Crippen molar-refractivity contribution in [1.82, 2.24) is 16.0 Å². The second-order valence-corrected chi connectivity index (χ2v) is 7.44. The van der Waals surface area contributed by atoms with Gasteiger partial charge in [-0.25, -0.2) is 4.79 Å². The summed E-state index contributed by atoms with van der Waals surface area (Å²) in [6.45, 7) is 0.446. The minimum atomic E-state index is -1.30. The van der Waals surface area contributed by atoms with E-state index in [1.165, 1.54) is 0 Å². The number of aliphatic carboxylic acids is 2. The molecule has 9 N–H and O–H groups in total. The van der Waals surface area contributed by atoms with Gasteiger partial charge in [0.05, 0.1) is 6.04 Å². The molecular formula is C17H31N5O7S2. The zero-order valence-corrected chi connectivity index (χ0v) is 18.7. The van der Waals surface area contributed by atoms with Crippen molar-refractivity contribution in [2.45, 2.75) is 56.3 Å². The van der Waals surface area contributed by atoms with E-state index in [0.29, 0.717) is 25.8 Å². The summed E-state index contributed by atoms with van der Waals surface area (Å²) in [7, 11) is 0. The normalized spacial score (nSPS) is 14.6. The van der Waals surface area contributed by atoms with Crippen LogP contribution < -0.4 is 27.4 Å². The maximum absolute atomic E-state index is 12.6. The van der Waals surface area contributed by atoms with Crippen molar-refractivity contribution >= 4 is 54.9 Å². The highest BCUT2D eigenvalue weighted by Crippen LogP contribution is 2.04. The van der Waals surface area contributed by atoms with E-state index in [9.17, 15) is 24.0 Å². The minimum absolute atomic E-state index is 0.172. The number of unbranched alkanes of at least 4 members (excludes halogenated alkanes) is 1. The van der Waals surface area contributed by atoms with Gasteiger partial charge in [-0.3, -0.25) is 19.2 Å². The average molecular weight is 482 g/mol. The average Bonchev–Trinajstić information content (AvgIpc) is 2.72. The molecule has 0 heterocycles. The first-order valence-electron chi connectivity index (χ1n) is 9.60. The summed E-state index contributed by atoms with van der Waals surface area (Å²) < 4.78 is 0. The van der Waals surface area contributed by atoms with Gasteiger partial charge < -0.3 is 37.6 Å². The molecule has 14 heteroatoms. The molecule has 3 amide bonds. The van der Waals surface area contributed by atoms with Crippen LogP contribution in [0, 0.1) is 0 Å². The van der Waals surface area contributed by atoms with Crippen molar-refractivity contribution < 1.29 is 34.2 Å². The zero-order valence-electron chi connectivity index (χ0n) is 17.0. The van der Waals surface area contributed by atoms with Crippen LogP contribution in [-0.2, 0) is 24.0 Å². The van der Waals surface area contributed by atoms with Crippen LogP contribution in [0.25, 0.3) is 0 Å². The lowest BCUT2D eigenvalue weighted by atomic mass is 10.1. The summed E-state index contributed by atoms with van der Waals surface area (Å²) in [6.07, 6.45) is 0.955. The lowest BCUT2D eigenvalue weighted by molar-refractivity contribution is -0.141. The summed E-state index contributed by atoms with van der Waals surface area (Å²) in [4.78, 5) is 59.1. The van der Waals surface area contributed by atoms with Crippen LogP contribution in [0.3, 0.4) is 0 Å². The monoisotopic (exact) mass is 481 g/mol. The second-order valence-electron chi connectivity index (χ2n) is 6.71. The molecule has 4 atom stereocenters. The van der Waals surface area contributed by atoms with E-state index < -0.39 is 60.2 Å². The van der Waals surface area contributed by atoms with Gasteiger partial charge in [-0.1, -0.05) is 6.42 Å². The molecule has 178 valence electrons. The molecule has 0 aliphatic rings. The summed E-state index contributed by atoms with van der Waals surface area (Å²) in [5.41, 5.74) is 11.2. The molecular weight excluding hydrogens is 450 g/mol. The Kier molecular flexibility index (Phi) is 14.7. The third-order valence-electron chi connectivity index (χ3n) is 4.20. The highest BCUT2D eigenvalue weighted by molar-refractivity contribution is 7.80. The van der Waals surface area contributed by atoms with E-state index >= 15 is 0 Å². The van der Waals surface area contributed by atoms with Crippen LogP contribution in [0.15, 0.2) is 0 Å². The molecule has 0 aromatic rings. The van der Waals surface area contributed by atoms with Gasteiger partial charge in [0.15, 0.2) is 0 Å². The summed E-state index contributed by atoms with van der Waals surface area (Å²) in [5.74, 6) is -5.11. The molecule has 0 spiro atoms. The Morgan fingerprint density at radius 2 is 1.29 bits per heavy atom. The van der Waals surface area contributed by atoms with Crippen LogP contribution in [-0.4, -0.2) is 82.1 Å². The van der Waals surface area contributed by atoms with Crippen LogP contribution in [0.5, 0.6) is 0 Å².